The fourth-order valence-electron chi connectivity index (χ4n) is 2.84. The standard InChI is InChI=1S/C23H16ClFN2OS2/c24-17-11-12-19(18(25)13-17)26-20(28)14-29-23-27-21(15-7-3-1-4-8-15)22(30-23)16-9-5-2-6-10-16/h1-13H,14H2,(H,26,28). The van der Waals surface area contributed by atoms with E-state index in [-0.39, 0.29) is 22.4 Å². The molecule has 3 nitrogen and oxygen atoms in total. The first-order valence-electron chi connectivity index (χ1n) is 9.09. The number of carbonyl (C=O) groups excluding carboxylic acids is 1. The zero-order valence-corrected chi connectivity index (χ0v) is 18.0. The van der Waals surface area contributed by atoms with Gasteiger partial charge in [-0.2, -0.15) is 0 Å². The van der Waals surface area contributed by atoms with Crippen LogP contribution in [0.3, 0.4) is 0 Å². The minimum absolute atomic E-state index is 0.110. The first-order chi connectivity index (χ1) is 14.6. The lowest BCUT2D eigenvalue weighted by Crippen LogP contribution is -2.14. The molecule has 3 aromatic carbocycles. The number of nitrogens with one attached hydrogen (secondary N) is 1. The number of aromatic nitrogens is 1. The summed E-state index contributed by atoms with van der Waals surface area (Å²) in [5.74, 6) is -0.746. The third-order valence-corrected chi connectivity index (χ3v) is 6.71. The maximum atomic E-state index is 13.9. The summed E-state index contributed by atoms with van der Waals surface area (Å²) in [4.78, 5) is 18.1. The molecule has 1 heterocycles. The van der Waals surface area contributed by atoms with E-state index in [4.69, 9.17) is 16.6 Å². The Morgan fingerprint density at radius 1 is 1.00 bits per heavy atom. The van der Waals surface area contributed by atoms with Crippen LogP contribution in [0.5, 0.6) is 0 Å². The average Bonchev–Trinajstić information content (AvgIpc) is 3.20. The quantitative estimate of drug-likeness (QED) is 0.319. The fourth-order valence-corrected chi connectivity index (χ4v) is 4.97. The van der Waals surface area contributed by atoms with Crippen LogP contribution in [-0.2, 0) is 4.79 Å². The van der Waals surface area contributed by atoms with Gasteiger partial charge in [0.2, 0.25) is 5.91 Å². The van der Waals surface area contributed by atoms with E-state index in [1.54, 1.807) is 11.3 Å². The van der Waals surface area contributed by atoms with Crippen LogP contribution in [0.1, 0.15) is 0 Å². The number of benzene rings is 3. The summed E-state index contributed by atoms with van der Waals surface area (Å²) in [6.45, 7) is 0. The van der Waals surface area contributed by atoms with Crippen LogP contribution in [-0.4, -0.2) is 16.6 Å². The minimum Gasteiger partial charge on any atom is -0.323 e. The molecule has 0 aliphatic heterocycles. The second-order valence-corrected chi connectivity index (χ2v) is 9.01. The highest BCUT2D eigenvalue weighted by Gasteiger charge is 2.16. The topological polar surface area (TPSA) is 42.0 Å². The van der Waals surface area contributed by atoms with Gasteiger partial charge in [-0.3, -0.25) is 4.79 Å². The van der Waals surface area contributed by atoms with Crippen LogP contribution >= 0.6 is 34.7 Å². The Morgan fingerprint density at radius 2 is 1.67 bits per heavy atom. The SMILES string of the molecule is O=C(CSc1nc(-c2ccccc2)c(-c2ccccc2)s1)Nc1ccc(Cl)cc1F. The Bertz CT molecular complexity index is 1110. The van der Waals surface area contributed by atoms with E-state index in [0.29, 0.717) is 0 Å². The Balaban J connectivity index is 1.53. The number of thioether (sulfide) groups is 1. The lowest BCUT2D eigenvalue weighted by Gasteiger charge is -2.05. The van der Waals surface area contributed by atoms with Crippen molar-refractivity contribution in [3.63, 3.8) is 0 Å². The highest BCUT2D eigenvalue weighted by Crippen LogP contribution is 2.40. The maximum absolute atomic E-state index is 13.9. The number of nitrogens with zero attached hydrogens (tertiary/aromatic N) is 1. The molecule has 7 heteroatoms. The largest absolute Gasteiger partial charge is 0.323 e. The Hall–Kier alpha value is -2.67. The van der Waals surface area contributed by atoms with E-state index in [1.165, 1.54) is 30.0 Å². The van der Waals surface area contributed by atoms with Crippen LogP contribution < -0.4 is 5.32 Å². The molecule has 0 saturated carbocycles. The molecule has 0 saturated heterocycles. The van der Waals surface area contributed by atoms with E-state index in [1.807, 2.05) is 60.7 Å². The number of rotatable bonds is 6. The zero-order chi connectivity index (χ0) is 20.9. The molecule has 150 valence electrons. The van der Waals surface area contributed by atoms with E-state index in [0.717, 1.165) is 26.0 Å². The number of hydrogen-bond donors (Lipinski definition) is 1. The normalized spacial score (nSPS) is 10.7. The van der Waals surface area contributed by atoms with Crippen molar-refractivity contribution in [3.8, 4) is 21.7 Å². The van der Waals surface area contributed by atoms with Crippen molar-refractivity contribution in [1.82, 2.24) is 4.98 Å². The van der Waals surface area contributed by atoms with Gasteiger partial charge in [-0.1, -0.05) is 84.0 Å². The van der Waals surface area contributed by atoms with Crippen molar-refractivity contribution in [2.75, 3.05) is 11.1 Å². The molecule has 0 fully saturated rings. The van der Waals surface area contributed by atoms with Gasteiger partial charge in [0.05, 0.1) is 22.0 Å². The number of halogens is 2. The van der Waals surface area contributed by atoms with E-state index in [2.05, 4.69) is 5.32 Å². The molecule has 0 spiro atoms. The number of amides is 1. The Kier molecular flexibility index (Phi) is 6.47. The molecule has 0 bridgehead atoms. The molecule has 30 heavy (non-hydrogen) atoms. The predicted octanol–water partition coefficient (Wildman–Crippen LogP) is 7.00. The van der Waals surface area contributed by atoms with Gasteiger partial charge in [-0.15, -0.1) is 11.3 Å². The minimum atomic E-state index is -0.562. The number of anilines is 1. The van der Waals surface area contributed by atoms with Gasteiger partial charge in [0.25, 0.3) is 0 Å². The molecular formula is C23H16ClFN2OS2. The lowest BCUT2D eigenvalue weighted by atomic mass is 10.1. The molecule has 0 aliphatic carbocycles. The molecule has 0 unspecified atom stereocenters. The zero-order valence-electron chi connectivity index (χ0n) is 15.6. The van der Waals surface area contributed by atoms with Crippen LogP contribution in [0.2, 0.25) is 5.02 Å². The van der Waals surface area contributed by atoms with Crippen LogP contribution in [0, 0.1) is 5.82 Å². The van der Waals surface area contributed by atoms with Crippen LogP contribution in [0.4, 0.5) is 10.1 Å². The van der Waals surface area contributed by atoms with E-state index in [9.17, 15) is 9.18 Å². The van der Waals surface area contributed by atoms with Gasteiger partial charge < -0.3 is 5.32 Å². The molecule has 1 aromatic heterocycles. The van der Waals surface area contributed by atoms with Crippen molar-refractivity contribution in [2.24, 2.45) is 0 Å². The molecule has 0 aliphatic rings. The molecule has 4 aromatic rings. The Labute approximate surface area is 186 Å². The Morgan fingerprint density at radius 3 is 2.33 bits per heavy atom. The molecule has 4 rings (SSSR count). The van der Waals surface area contributed by atoms with Crippen molar-refractivity contribution in [1.29, 1.82) is 0 Å². The molecular weight excluding hydrogens is 439 g/mol. The summed E-state index contributed by atoms with van der Waals surface area (Å²) < 4.78 is 14.7. The summed E-state index contributed by atoms with van der Waals surface area (Å²) >= 11 is 8.62. The van der Waals surface area contributed by atoms with E-state index < -0.39 is 5.82 Å². The van der Waals surface area contributed by atoms with Crippen LogP contribution in [0.25, 0.3) is 21.7 Å². The monoisotopic (exact) mass is 454 g/mol. The van der Waals surface area contributed by atoms with Crippen molar-refractivity contribution >= 4 is 46.3 Å². The van der Waals surface area contributed by atoms with Gasteiger partial charge in [0.1, 0.15) is 5.82 Å². The highest BCUT2D eigenvalue weighted by atomic mass is 35.5. The lowest BCUT2D eigenvalue weighted by molar-refractivity contribution is -0.113. The summed E-state index contributed by atoms with van der Waals surface area (Å²) in [7, 11) is 0. The van der Waals surface area contributed by atoms with Gasteiger partial charge in [0.15, 0.2) is 4.34 Å². The predicted molar refractivity (Wildman–Crippen MR) is 124 cm³/mol. The van der Waals surface area contributed by atoms with Crippen LogP contribution in [0.15, 0.2) is 83.2 Å². The van der Waals surface area contributed by atoms with Crippen molar-refractivity contribution in [2.45, 2.75) is 4.34 Å². The van der Waals surface area contributed by atoms with Gasteiger partial charge >= 0.3 is 0 Å². The molecule has 0 atom stereocenters. The molecule has 0 radical (unpaired) electrons. The van der Waals surface area contributed by atoms with Gasteiger partial charge in [0, 0.05) is 10.6 Å². The average molecular weight is 455 g/mol. The fraction of sp³-hybridized carbons (Fsp3) is 0.0435. The molecule has 1 N–H and O–H groups in total. The number of carbonyl (C=O) groups is 1. The molecule has 1 amide bonds. The first-order valence-corrected chi connectivity index (χ1v) is 11.3. The summed E-state index contributed by atoms with van der Waals surface area (Å²) in [5.41, 5.74) is 3.10. The number of hydrogen-bond acceptors (Lipinski definition) is 4. The second-order valence-electron chi connectivity index (χ2n) is 6.35. The van der Waals surface area contributed by atoms with E-state index >= 15 is 0 Å². The third kappa shape index (κ3) is 4.90. The van der Waals surface area contributed by atoms with Gasteiger partial charge in [-0.05, 0) is 23.8 Å². The number of thiazole rings is 1. The van der Waals surface area contributed by atoms with Crippen molar-refractivity contribution < 1.29 is 9.18 Å². The smallest absolute Gasteiger partial charge is 0.234 e. The summed E-state index contributed by atoms with van der Waals surface area (Å²) in [5, 5.41) is 2.86. The highest BCUT2D eigenvalue weighted by molar-refractivity contribution is 8.01. The summed E-state index contributed by atoms with van der Waals surface area (Å²) in [6.07, 6.45) is 0. The first kappa shape index (κ1) is 20.6. The van der Waals surface area contributed by atoms with Crippen molar-refractivity contribution in [3.05, 3.63) is 89.7 Å². The van der Waals surface area contributed by atoms with Gasteiger partial charge in [-0.25, -0.2) is 9.37 Å². The second kappa shape index (κ2) is 9.43. The maximum Gasteiger partial charge on any atom is 0.234 e. The summed E-state index contributed by atoms with van der Waals surface area (Å²) in [6, 6.07) is 24.2. The third-order valence-electron chi connectivity index (χ3n) is 4.22.